The smallest absolute Gasteiger partial charge is 0.341 e. The summed E-state index contributed by atoms with van der Waals surface area (Å²) in [7, 11) is 0. The molecule has 0 radical (unpaired) electrons. The van der Waals surface area contributed by atoms with Gasteiger partial charge in [-0.05, 0) is 20.3 Å². The highest BCUT2D eigenvalue weighted by Gasteiger charge is 2.78. The summed E-state index contributed by atoms with van der Waals surface area (Å²) in [5, 5.41) is 9.45. The van der Waals surface area contributed by atoms with Crippen molar-refractivity contribution in [2.45, 2.75) is 25.9 Å². The molecule has 2 spiro atoms. The fourth-order valence-electron chi connectivity index (χ4n) is 4.59. The molecule has 2 aliphatic heterocycles. The van der Waals surface area contributed by atoms with E-state index >= 15 is 0 Å². The summed E-state index contributed by atoms with van der Waals surface area (Å²) >= 11 is 0. The summed E-state index contributed by atoms with van der Waals surface area (Å²) in [6, 6.07) is 0. The largest absolute Gasteiger partial charge is 0.478 e. The van der Waals surface area contributed by atoms with Gasteiger partial charge >= 0.3 is 11.9 Å². The normalized spacial score (nSPS) is 45.1. The molecule has 106 valence electrons. The fraction of sp³-hybridized carbons (Fsp3) is 0.600. The third-order valence-electron chi connectivity index (χ3n) is 5.74. The average Bonchev–Trinajstić information content (AvgIpc) is 3.07. The van der Waals surface area contributed by atoms with Crippen molar-refractivity contribution in [1.29, 1.82) is 0 Å². The van der Waals surface area contributed by atoms with E-state index in [1.54, 1.807) is 0 Å². The molecule has 0 aromatic rings. The van der Waals surface area contributed by atoms with E-state index in [1.165, 1.54) is 11.1 Å². The topological polar surface area (TPSA) is 76.1 Å². The Labute approximate surface area is 116 Å². The number of ether oxygens (including phenoxy) is 2. The molecule has 1 N–H and O–H groups in total. The molecule has 4 atom stereocenters. The van der Waals surface area contributed by atoms with Gasteiger partial charge in [-0.3, -0.25) is 0 Å². The highest BCUT2D eigenvalue weighted by Crippen LogP contribution is 2.69. The van der Waals surface area contributed by atoms with E-state index in [0.717, 1.165) is 6.42 Å². The standard InChI is InChI=1S/C15H16O5/c1-7-4-14-10(8(7)2)3-9(12(16)17)11(14)5-19-13(18)15(14)6-20-15/h3,10-11H,4-6H2,1-2H3,(H,16,17)/t10-,11+,14-,15-/m0/s1. The third-order valence-corrected chi connectivity index (χ3v) is 5.74. The maximum absolute atomic E-state index is 12.2. The quantitative estimate of drug-likeness (QED) is 0.444. The molecule has 2 saturated heterocycles. The number of allylic oxidation sites excluding steroid dienone is 3. The summed E-state index contributed by atoms with van der Waals surface area (Å²) in [6.07, 6.45) is 2.54. The van der Waals surface area contributed by atoms with Gasteiger partial charge in [0.25, 0.3) is 0 Å². The highest BCUT2D eigenvalue weighted by molar-refractivity contribution is 5.92. The lowest BCUT2D eigenvalue weighted by atomic mass is 9.60. The van der Waals surface area contributed by atoms with Crippen LogP contribution in [-0.4, -0.2) is 35.9 Å². The number of rotatable bonds is 1. The number of hydrogen-bond acceptors (Lipinski definition) is 4. The Morgan fingerprint density at radius 3 is 2.75 bits per heavy atom. The summed E-state index contributed by atoms with van der Waals surface area (Å²) < 4.78 is 10.8. The van der Waals surface area contributed by atoms with E-state index in [2.05, 4.69) is 6.92 Å². The maximum Gasteiger partial charge on any atom is 0.341 e. The first-order chi connectivity index (χ1) is 9.44. The van der Waals surface area contributed by atoms with Gasteiger partial charge in [0.05, 0.1) is 13.2 Å². The molecule has 2 aliphatic carbocycles. The van der Waals surface area contributed by atoms with Gasteiger partial charge < -0.3 is 14.6 Å². The molecular formula is C15H16O5. The predicted molar refractivity (Wildman–Crippen MR) is 67.8 cm³/mol. The van der Waals surface area contributed by atoms with Gasteiger partial charge in [0.2, 0.25) is 0 Å². The minimum Gasteiger partial charge on any atom is -0.478 e. The van der Waals surface area contributed by atoms with Crippen LogP contribution in [0.3, 0.4) is 0 Å². The van der Waals surface area contributed by atoms with Crippen LogP contribution in [0, 0.1) is 17.3 Å². The zero-order valence-electron chi connectivity index (χ0n) is 11.4. The number of carbonyl (C=O) groups excluding carboxylic acids is 1. The summed E-state index contributed by atoms with van der Waals surface area (Å²) in [4.78, 5) is 23.7. The first kappa shape index (κ1) is 12.1. The molecule has 0 bridgehead atoms. The van der Waals surface area contributed by atoms with Crippen molar-refractivity contribution in [2.24, 2.45) is 17.3 Å². The van der Waals surface area contributed by atoms with Crippen molar-refractivity contribution in [3.63, 3.8) is 0 Å². The fourth-order valence-corrected chi connectivity index (χ4v) is 4.59. The lowest BCUT2D eigenvalue weighted by Gasteiger charge is -2.44. The molecule has 4 rings (SSSR count). The van der Waals surface area contributed by atoms with E-state index in [4.69, 9.17) is 9.47 Å². The van der Waals surface area contributed by atoms with E-state index in [9.17, 15) is 14.7 Å². The second-order valence-corrected chi connectivity index (χ2v) is 6.35. The Balaban J connectivity index is 1.91. The second-order valence-electron chi connectivity index (χ2n) is 6.35. The highest BCUT2D eigenvalue weighted by atomic mass is 16.6. The Morgan fingerprint density at radius 1 is 1.45 bits per heavy atom. The van der Waals surface area contributed by atoms with Crippen LogP contribution in [0.4, 0.5) is 0 Å². The van der Waals surface area contributed by atoms with E-state index in [0.29, 0.717) is 12.2 Å². The van der Waals surface area contributed by atoms with Gasteiger partial charge in [-0.1, -0.05) is 17.2 Å². The van der Waals surface area contributed by atoms with E-state index in [1.807, 2.05) is 13.0 Å². The molecule has 2 fully saturated rings. The van der Waals surface area contributed by atoms with Crippen LogP contribution >= 0.6 is 0 Å². The van der Waals surface area contributed by atoms with Crippen molar-refractivity contribution in [2.75, 3.05) is 13.2 Å². The van der Waals surface area contributed by atoms with Crippen LogP contribution in [0.15, 0.2) is 22.8 Å². The van der Waals surface area contributed by atoms with Crippen LogP contribution < -0.4 is 0 Å². The number of carbonyl (C=O) groups is 2. The van der Waals surface area contributed by atoms with Gasteiger partial charge in [0, 0.05) is 22.8 Å². The minimum absolute atomic E-state index is 0.0195. The lowest BCUT2D eigenvalue weighted by Crippen LogP contribution is -2.56. The van der Waals surface area contributed by atoms with Gasteiger partial charge in [-0.2, -0.15) is 0 Å². The average molecular weight is 276 g/mol. The number of epoxide rings is 1. The Hall–Kier alpha value is -1.62. The van der Waals surface area contributed by atoms with Gasteiger partial charge in [0.1, 0.15) is 0 Å². The molecule has 0 aromatic heterocycles. The molecular weight excluding hydrogens is 260 g/mol. The van der Waals surface area contributed by atoms with Crippen LogP contribution in [0.25, 0.3) is 0 Å². The zero-order valence-corrected chi connectivity index (χ0v) is 11.4. The van der Waals surface area contributed by atoms with Gasteiger partial charge in [-0.25, -0.2) is 9.59 Å². The minimum atomic E-state index is -0.923. The predicted octanol–water partition coefficient (Wildman–Crippen LogP) is 1.30. The molecule has 5 heteroatoms. The third kappa shape index (κ3) is 1.06. The van der Waals surface area contributed by atoms with Crippen LogP contribution in [-0.2, 0) is 19.1 Å². The van der Waals surface area contributed by atoms with Crippen LogP contribution in [0.2, 0.25) is 0 Å². The number of esters is 1. The Kier molecular flexibility index (Phi) is 2.03. The molecule has 4 aliphatic rings. The van der Waals surface area contributed by atoms with Crippen molar-refractivity contribution in [3.8, 4) is 0 Å². The Morgan fingerprint density at radius 2 is 2.15 bits per heavy atom. The van der Waals surface area contributed by atoms with Crippen molar-refractivity contribution >= 4 is 11.9 Å². The summed E-state index contributed by atoms with van der Waals surface area (Å²) in [5.74, 6) is -1.52. The first-order valence-corrected chi connectivity index (χ1v) is 6.86. The number of aliphatic carboxylic acids is 1. The monoisotopic (exact) mass is 276 g/mol. The summed E-state index contributed by atoms with van der Waals surface area (Å²) in [6.45, 7) is 4.59. The SMILES string of the molecule is CC1=C(C)[C@@H]2C=C(C(=O)O)[C@H]3COC(=O)[C@@]4(CO4)[C@]32C1. The molecule has 0 amide bonds. The first-order valence-electron chi connectivity index (χ1n) is 6.86. The van der Waals surface area contributed by atoms with Crippen molar-refractivity contribution in [1.82, 2.24) is 0 Å². The molecule has 0 unspecified atom stereocenters. The number of carboxylic acids is 1. The van der Waals surface area contributed by atoms with Crippen molar-refractivity contribution < 1.29 is 24.2 Å². The van der Waals surface area contributed by atoms with Gasteiger partial charge in [0.15, 0.2) is 5.60 Å². The Bertz CT molecular complexity index is 610. The second kappa shape index (κ2) is 3.34. The summed E-state index contributed by atoms with van der Waals surface area (Å²) in [5.41, 5.74) is 1.41. The van der Waals surface area contributed by atoms with E-state index in [-0.39, 0.29) is 24.4 Å². The number of cyclic esters (lactones) is 1. The maximum atomic E-state index is 12.2. The molecule has 2 heterocycles. The number of carboxylic acid groups (broad SMARTS) is 1. The lowest BCUT2D eigenvalue weighted by molar-refractivity contribution is -0.173. The van der Waals surface area contributed by atoms with Crippen LogP contribution in [0.5, 0.6) is 0 Å². The molecule has 5 nitrogen and oxygen atoms in total. The van der Waals surface area contributed by atoms with Crippen LogP contribution in [0.1, 0.15) is 20.3 Å². The van der Waals surface area contributed by atoms with Gasteiger partial charge in [-0.15, -0.1) is 0 Å². The van der Waals surface area contributed by atoms with E-state index < -0.39 is 17.0 Å². The molecule has 0 saturated carbocycles. The van der Waals surface area contributed by atoms with Crippen molar-refractivity contribution in [3.05, 3.63) is 22.8 Å². The molecule has 0 aromatic carbocycles. The molecule has 20 heavy (non-hydrogen) atoms. The number of hydrogen-bond donors (Lipinski definition) is 1. The zero-order chi connectivity index (χ0) is 14.3.